The molecule has 1 aromatic heterocycles. The number of carbonyl (C=O) groups is 2. The highest BCUT2D eigenvalue weighted by molar-refractivity contribution is 6.10. The van der Waals surface area contributed by atoms with E-state index < -0.39 is 5.91 Å². The van der Waals surface area contributed by atoms with Crippen LogP contribution in [-0.2, 0) is 16.1 Å². The third-order valence-electron chi connectivity index (χ3n) is 5.44. The van der Waals surface area contributed by atoms with Crippen molar-refractivity contribution in [2.24, 2.45) is 0 Å². The van der Waals surface area contributed by atoms with E-state index in [1.807, 2.05) is 85.1 Å². The molecule has 6 heteroatoms. The number of rotatable bonds is 6. The van der Waals surface area contributed by atoms with Gasteiger partial charge in [0, 0.05) is 34.0 Å². The lowest BCUT2D eigenvalue weighted by Crippen LogP contribution is -2.18. The highest BCUT2D eigenvalue weighted by atomic mass is 16.2. The maximum Gasteiger partial charge on any atom is 0.266 e. The molecule has 4 aromatic rings. The smallest absolute Gasteiger partial charge is 0.266 e. The molecule has 0 saturated heterocycles. The molecule has 0 aliphatic rings. The minimum Gasteiger partial charge on any atom is -0.337 e. The Morgan fingerprint density at radius 3 is 2.09 bits per heavy atom. The van der Waals surface area contributed by atoms with Crippen molar-refractivity contribution in [1.29, 1.82) is 5.26 Å². The van der Waals surface area contributed by atoms with Gasteiger partial charge in [-0.05, 0) is 50.3 Å². The molecule has 1 heterocycles. The fourth-order valence-corrected chi connectivity index (χ4v) is 3.65. The molecule has 0 bridgehead atoms. The Morgan fingerprint density at radius 2 is 1.47 bits per heavy atom. The number of nitriles is 1. The van der Waals surface area contributed by atoms with Crippen molar-refractivity contribution >= 4 is 40.2 Å². The summed E-state index contributed by atoms with van der Waals surface area (Å²) in [6, 6.07) is 24.5. The molecular formula is C28H24N4O2. The van der Waals surface area contributed by atoms with Gasteiger partial charge in [0.15, 0.2) is 0 Å². The third-order valence-corrected chi connectivity index (χ3v) is 5.44. The predicted octanol–water partition coefficient (Wildman–Crippen LogP) is 5.44. The summed E-state index contributed by atoms with van der Waals surface area (Å²) < 4.78 is 1.82. The van der Waals surface area contributed by atoms with E-state index >= 15 is 0 Å². The highest BCUT2D eigenvalue weighted by Gasteiger charge is 2.14. The number of nitrogens with one attached hydrogen (secondary N) is 2. The zero-order valence-corrected chi connectivity index (χ0v) is 19.0. The molecule has 0 atom stereocenters. The van der Waals surface area contributed by atoms with Crippen LogP contribution < -0.4 is 10.6 Å². The second kappa shape index (κ2) is 9.88. The lowest BCUT2D eigenvalue weighted by atomic mass is 10.1. The van der Waals surface area contributed by atoms with Gasteiger partial charge in [-0.1, -0.05) is 53.6 Å². The molecule has 4 rings (SSSR count). The van der Waals surface area contributed by atoms with Crippen molar-refractivity contribution in [3.05, 3.63) is 101 Å². The summed E-state index contributed by atoms with van der Waals surface area (Å²) in [5.41, 5.74) is 5.04. The van der Waals surface area contributed by atoms with Crippen LogP contribution in [-0.4, -0.2) is 16.4 Å². The summed E-state index contributed by atoms with van der Waals surface area (Å²) in [7, 11) is 0. The van der Waals surface area contributed by atoms with E-state index in [1.54, 1.807) is 24.4 Å². The summed E-state index contributed by atoms with van der Waals surface area (Å²) in [6.45, 7) is 4.05. The number of anilines is 2. The average Bonchev–Trinajstić information content (AvgIpc) is 3.17. The molecule has 3 aromatic carbocycles. The van der Waals surface area contributed by atoms with Crippen molar-refractivity contribution in [3.8, 4) is 6.07 Å². The maximum absolute atomic E-state index is 12.7. The van der Waals surface area contributed by atoms with E-state index in [0.29, 0.717) is 11.3 Å². The van der Waals surface area contributed by atoms with Gasteiger partial charge in [-0.3, -0.25) is 9.59 Å². The van der Waals surface area contributed by atoms with Gasteiger partial charge in [0.05, 0.1) is 0 Å². The predicted molar refractivity (Wildman–Crippen MR) is 135 cm³/mol. The number of fused-ring (bicyclic) bond motifs is 1. The number of aromatic nitrogens is 1. The van der Waals surface area contributed by atoms with Gasteiger partial charge in [0.2, 0.25) is 5.91 Å². The number of benzene rings is 3. The first-order valence-corrected chi connectivity index (χ1v) is 10.9. The second-order valence-corrected chi connectivity index (χ2v) is 8.13. The first-order valence-electron chi connectivity index (χ1n) is 10.9. The summed E-state index contributed by atoms with van der Waals surface area (Å²) in [5, 5.41) is 16.1. The van der Waals surface area contributed by atoms with Gasteiger partial charge >= 0.3 is 0 Å². The van der Waals surface area contributed by atoms with Crippen LogP contribution >= 0.6 is 0 Å². The zero-order chi connectivity index (χ0) is 24.1. The Balaban J connectivity index is 1.58. The Labute approximate surface area is 198 Å². The molecule has 2 amide bonds. The molecule has 0 saturated carbocycles. The Hall–Kier alpha value is -4.63. The van der Waals surface area contributed by atoms with E-state index in [0.717, 1.165) is 27.7 Å². The second-order valence-electron chi connectivity index (χ2n) is 8.13. The van der Waals surface area contributed by atoms with Crippen LogP contribution in [0.15, 0.2) is 84.6 Å². The monoisotopic (exact) mass is 448 g/mol. The first-order chi connectivity index (χ1) is 16.4. The summed E-state index contributed by atoms with van der Waals surface area (Å²) >= 11 is 0. The molecule has 0 spiro atoms. The Morgan fingerprint density at radius 1 is 0.882 bits per heavy atom. The topological polar surface area (TPSA) is 86.9 Å². The van der Waals surface area contributed by atoms with Crippen molar-refractivity contribution in [3.63, 3.8) is 0 Å². The number of aryl methyl sites for hydroxylation is 2. The lowest BCUT2D eigenvalue weighted by molar-refractivity contribution is -0.116. The fraction of sp³-hybridized carbons (Fsp3) is 0.107. The zero-order valence-electron chi connectivity index (χ0n) is 19.0. The number of amides is 2. The fourth-order valence-electron chi connectivity index (χ4n) is 3.65. The molecule has 0 aliphatic heterocycles. The van der Waals surface area contributed by atoms with Gasteiger partial charge in [-0.25, -0.2) is 0 Å². The number of para-hydroxylation sites is 1. The largest absolute Gasteiger partial charge is 0.337 e. The van der Waals surface area contributed by atoms with Crippen LogP contribution in [0.2, 0.25) is 0 Å². The Kier molecular flexibility index (Phi) is 6.56. The maximum atomic E-state index is 12.7. The van der Waals surface area contributed by atoms with Crippen molar-refractivity contribution in [2.45, 2.75) is 20.4 Å². The van der Waals surface area contributed by atoms with E-state index in [-0.39, 0.29) is 18.0 Å². The molecule has 34 heavy (non-hydrogen) atoms. The van der Waals surface area contributed by atoms with Crippen LogP contribution in [0.5, 0.6) is 0 Å². The molecule has 6 nitrogen and oxygen atoms in total. The van der Waals surface area contributed by atoms with Gasteiger partial charge in [0.1, 0.15) is 18.2 Å². The van der Waals surface area contributed by atoms with Crippen LogP contribution in [0, 0.1) is 25.2 Å². The van der Waals surface area contributed by atoms with Crippen molar-refractivity contribution in [1.82, 2.24) is 4.57 Å². The van der Waals surface area contributed by atoms with Crippen LogP contribution in [0.4, 0.5) is 11.4 Å². The minimum atomic E-state index is -0.486. The minimum absolute atomic E-state index is 0.0208. The molecule has 0 radical (unpaired) electrons. The first kappa shape index (κ1) is 22.6. The van der Waals surface area contributed by atoms with Gasteiger partial charge < -0.3 is 15.2 Å². The molecule has 2 N–H and O–H groups in total. The summed E-state index contributed by atoms with van der Waals surface area (Å²) in [4.78, 5) is 25.4. The average molecular weight is 449 g/mol. The molecule has 0 fully saturated rings. The molecular weight excluding hydrogens is 424 g/mol. The number of hydrogen-bond acceptors (Lipinski definition) is 3. The van der Waals surface area contributed by atoms with E-state index in [4.69, 9.17) is 0 Å². The van der Waals surface area contributed by atoms with Crippen molar-refractivity contribution in [2.75, 3.05) is 10.6 Å². The molecule has 0 aliphatic carbocycles. The highest BCUT2D eigenvalue weighted by Crippen LogP contribution is 2.24. The van der Waals surface area contributed by atoms with E-state index in [2.05, 4.69) is 10.6 Å². The number of hydrogen-bond donors (Lipinski definition) is 2. The van der Waals surface area contributed by atoms with Crippen LogP contribution in [0.25, 0.3) is 17.0 Å². The Bertz CT molecular complexity index is 1420. The SMILES string of the molecule is Cc1ccc(NC(=O)Cn2cc(/C=C(/C#N)C(=O)Nc3ccc(C)cc3)c3ccccc32)cc1. The van der Waals surface area contributed by atoms with Crippen LogP contribution in [0.1, 0.15) is 16.7 Å². The normalized spacial score (nSPS) is 11.1. The summed E-state index contributed by atoms with van der Waals surface area (Å²) in [6.07, 6.45) is 3.34. The quantitative estimate of drug-likeness (QED) is 0.304. The van der Waals surface area contributed by atoms with Crippen LogP contribution in [0.3, 0.4) is 0 Å². The molecule has 0 unspecified atom stereocenters. The summed E-state index contributed by atoms with van der Waals surface area (Å²) in [5.74, 6) is -0.655. The number of nitrogens with zero attached hydrogens (tertiary/aromatic N) is 2. The standard InChI is InChI=1S/C28H24N4O2/c1-19-7-11-23(12-8-19)30-27(33)18-32-17-22(25-5-3-4-6-26(25)32)15-21(16-29)28(34)31-24-13-9-20(2)10-14-24/h3-15,17H,18H2,1-2H3,(H,30,33)(H,31,34)/b21-15-. The lowest BCUT2D eigenvalue weighted by Gasteiger charge is -2.07. The van der Waals surface area contributed by atoms with Gasteiger partial charge in [-0.2, -0.15) is 5.26 Å². The number of carbonyl (C=O) groups excluding carboxylic acids is 2. The van der Waals surface area contributed by atoms with Gasteiger partial charge in [0.25, 0.3) is 5.91 Å². The third kappa shape index (κ3) is 5.22. The molecule has 168 valence electrons. The van der Waals surface area contributed by atoms with Crippen molar-refractivity contribution < 1.29 is 9.59 Å². The van der Waals surface area contributed by atoms with Gasteiger partial charge in [-0.15, -0.1) is 0 Å². The van der Waals surface area contributed by atoms with E-state index in [1.165, 1.54) is 0 Å². The van der Waals surface area contributed by atoms with E-state index in [9.17, 15) is 14.9 Å².